The lowest BCUT2D eigenvalue weighted by molar-refractivity contribution is -0.334. The van der Waals surface area contributed by atoms with Crippen molar-refractivity contribution in [1.29, 1.82) is 0 Å². The monoisotopic (exact) mass is 491 g/mol. The zero-order valence-electron chi connectivity index (χ0n) is 20.6. The van der Waals surface area contributed by atoms with Gasteiger partial charge < -0.3 is 15.2 Å². The van der Waals surface area contributed by atoms with Gasteiger partial charge in [-0.1, -0.05) is 30.9 Å². The van der Waals surface area contributed by atoms with Crippen molar-refractivity contribution in [2.45, 2.75) is 45.7 Å². The fourth-order valence-electron chi connectivity index (χ4n) is 3.90. The van der Waals surface area contributed by atoms with Crippen LogP contribution < -0.4 is 15.6 Å². The van der Waals surface area contributed by atoms with E-state index in [2.05, 4.69) is 66.5 Å². The Kier molecular flexibility index (Phi) is 5.71. The predicted octanol–water partition coefficient (Wildman–Crippen LogP) is 1.39. The number of nitrogens with zero attached hydrogens (tertiary/aromatic N) is 6. The molecule has 2 amide bonds. The van der Waals surface area contributed by atoms with Gasteiger partial charge in [0.1, 0.15) is 17.8 Å². The Hall–Kier alpha value is -4.26. The number of H-pyrrole nitrogens is 2. The smallest absolute Gasteiger partial charge is 0.303 e. The minimum atomic E-state index is -0.501. The summed E-state index contributed by atoms with van der Waals surface area (Å²) in [6, 6.07) is 1.23. The van der Waals surface area contributed by atoms with Crippen LogP contribution in [0.1, 0.15) is 61.4 Å². The maximum Gasteiger partial charge on any atom is 0.303 e. The Morgan fingerprint density at radius 1 is 1.25 bits per heavy atom. The van der Waals surface area contributed by atoms with E-state index < -0.39 is 11.9 Å². The molecule has 5 heterocycles. The van der Waals surface area contributed by atoms with Crippen LogP contribution in [-0.2, 0) is 16.8 Å². The number of aromatic nitrogens is 7. The second-order valence-electron chi connectivity index (χ2n) is 9.91. The quantitative estimate of drug-likeness (QED) is 0.382. The SMILES string of the molecule is C[C@@H](NC(=O)c1ncnc2c1CN(C)CC(=O)N2)c1cc(-c2[nH]c3cnc(C(C)(C)C)nc3[nH+]2)no1. The van der Waals surface area contributed by atoms with Crippen LogP contribution in [0.2, 0.25) is 0 Å². The highest BCUT2D eigenvalue weighted by atomic mass is 16.5. The van der Waals surface area contributed by atoms with Gasteiger partial charge >= 0.3 is 5.65 Å². The molecule has 1 aliphatic heterocycles. The Balaban J connectivity index is 1.35. The summed E-state index contributed by atoms with van der Waals surface area (Å²) in [5.74, 6) is 1.52. The summed E-state index contributed by atoms with van der Waals surface area (Å²) in [5.41, 5.74) is 2.50. The summed E-state index contributed by atoms with van der Waals surface area (Å²) in [7, 11) is 1.79. The van der Waals surface area contributed by atoms with Crippen LogP contribution in [0.25, 0.3) is 22.7 Å². The van der Waals surface area contributed by atoms with Crippen LogP contribution in [0.5, 0.6) is 0 Å². The number of carbonyl (C=O) groups is 2. The zero-order chi connectivity index (χ0) is 25.6. The summed E-state index contributed by atoms with van der Waals surface area (Å²) < 4.78 is 5.52. The van der Waals surface area contributed by atoms with Gasteiger partial charge in [-0.15, -0.1) is 0 Å². The number of carbonyl (C=O) groups excluding carboxylic acids is 2. The molecule has 0 aromatic carbocycles. The van der Waals surface area contributed by atoms with E-state index in [1.165, 1.54) is 6.33 Å². The maximum absolute atomic E-state index is 13.1. The molecule has 0 spiro atoms. The van der Waals surface area contributed by atoms with Crippen LogP contribution in [0, 0.1) is 0 Å². The summed E-state index contributed by atoms with van der Waals surface area (Å²) in [6.07, 6.45) is 2.99. The molecule has 0 unspecified atom stereocenters. The van der Waals surface area contributed by atoms with Gasteiger partial charge in [0.2, 0.25) is 11.7 Å². The van der Waals surface area contributed by atoms with E-state index in [1.807, 2.05) is 0 Å². The molecule has 0 radical (unpaired) electrons. The normalized spacial score (nSPS) is 15.3. The highest BCUT2D eigenvalue weighted by Gasteiger charge is 2.27. The first-order chi connectivity index (χ1) is 17.1. The van der Waals surface area contributed by atoms with E-state index in [1.54, 1.807) is 31.1 Å². The molecule has 0 saturated carbocycles. The summed E-state index contributed by atoms with van der Waals surface area (Å²) in [5, 5.41) is 9.75. The number of anilines is 1. The van der Waals surface area contributed by atoms with Crippen LogP contribution in [-0.4, -0.2) is 60.4 Å². The van der Waals surface area contributed by atoms with Crippen LogP contribution in [0.3, 0.4) is 0 Å². The number of rotatable bonds is 4. The third-order valence-corrected chi connectivity index (χ3v) is 5.78. The van der Waals surface area contributed by atoms with E-state index in [-0.39, 0.29) is 23.6 Å². The molecule has 1 aliphatic rings. The third kappa shape index (κ3) is 4.52. The largest absolute Gasteiger partial charge is 0.358 e. The maximum atomic E-state index is 13.1. The lowest BCUT2D eigenvalue weighted by Gasteiger charge is -2.15. The number of fused-ring (bicyclic) bond motifs is 2. The molecule has 4 aromatic rings. The van der Waals surface area contributed by atoms with Crippen molar-refractivity contribution in [3.05, 3.63) is 41.4 Å². The summed E-state index contributed by atoms with van der Waals surface area (Å²) >= 11 is 0. The zero-order valence-corrected chi connectivity index (χ0v) is 20.6. The lowest BCUT2D eigenvalue weighted by Crippen LogP contribution is -2.29. The number of amides is 2. The number of likely N-dealkylation sites (N-methyl/N-ethyl adjacent to an activating group) is 1. The predicted molar refractivity (Wildman–Crippen MR) is 128 cm³/mol. The fourth-order valence-corrected chi connectivity index (χ4v) is 3.90. The highest BCUT2D eigenvalue weighted by molar-refractivity contribution is 5.98. The average molecular weight is 492 g/mol. The Bertz CT molecular complexity index is 1470. The van der Waals surface area contributed by atoms with Crippen LogP contribution in [0.4, 0.5) is 5.82 Å². The molecule has 5 rings (SSSR count). The van der Waals surface area contributed by atoms with Crippen molar-refractivity contribution in [3.63, 3.8) is 0 Å². The van der Waals surface area contributed by atoms with Crippen molar-refractivity contribution in [1.82, 2.24) is 40.3 Å². The Morgan fingerprint density at radius 2 is 2.06 bits per heavy atom. The fraction of sp³-hybridized carbons (Fsp3) is 0.391. The Morgan fingerprint density at radius 3 is 2.83 bits per heavy atom. The lowest BCUT2D eigenvalue weighted by atomic mass is 9.96. The number of aromatic amines is 2. The van der Waals surface area contributed by atoms with Gasteiger partial charge in [-0.3, -0.25) is 19.5 Å². The molecule has 13 nitrogen and oxygen atoms in total. The molecule has 0 bridgehead atoms. The van der Waals surface area contributed by atoms with Crippen molar-refractivity contribution in [2.24, 2.45) is 0 Å². The second kappa shape index (κ2) is 8.75. The van der Waals surface area contributed by atoms with E-state index in [0.29, 0.717) is 40.9 Å². The minimum Gasteiger partial charge on any atom is -0.358 e. The van der Waals surface area contributed by atoms with E-state index >= 15 is 0 Å². The first-order valence-electron chi connectivity index (χ1n) is 11.5. The molecule has 186 valence electrons. The number of hydrogen-bond donors (Lipinski definition) is 3. The second-order valence-corrected chi connectivity index (χ2v) is 9.91. The van der Waals surface area contributed by atoms with Gasteiger partial charge in [-0.2, -0.15) is 0 Å². The molecule has 0 fully saturated rings. The van der Waals surface area contributed by atoms with Gasteiger partial charge in [0, 0.05) is 23.6 Å². The third-order valence-electron chi connectivity index (χ3n) is 5.78. The average Bonchev–Trinajstić information content (AvgIpc) is 3.42. The van der Waals surface area contributed by atoms with Gasteiger partial charge in [-0.05, 0) is 14.0 Å². The molecule has 1 atom stereocenters. The first kappa shape index (κ1) is 23.5. The molecule has 13 heteroatoms. The van der Waals surface area contributed by atoms with Gasteiger partial charge in [0.25, 0.3) is 11.7 Å². The molecule has 36 heavy (non-hydrogen) atoms. The van der Waals surface area contributed by atoms with Crippen molar-refractivity contribution in [3.8, 4) is 11.5 Å². The van der Waals surface area contributed by atoms with Gasteiger partial charge in [0.15, 0.2) is 17.0 Å². The Labute approximate surface area is 206 Å². The minimum absolute atomic E-state index is 0.183. The van der Waals surface area contributed by atoms with Crippen molar-refractivity contribution >= 4 is 28.8 Å². The molecule has 4 aromatic heterocycles. The van der Waals surface area contributed by atoms with Gasteiger partial charge in [-0.25, -0.2) is 19.9 Å². The van der Waals surface area contributed by atoms with Crippen LogP contribution in [0.15, 0.2) is 23.1 Å². The number of imidazole rings is 1. The topological polar surface area (TPSA) is 169 Å². The number of hydrogen-bond acceptors (Lipinski definition) is 9. The van der Waals surface area contributed by atoms with E-state index in [9.17, 15) is 9.59 Å². The summed E-state index contributed by atoms with van der Waals surface area (Å²) in [6.45, 7) is 8.49. The van der Waals surface area contributed by atoms with Crippen molar-refractivity contribution in [2.75, 3.05) is 18.9 Å². The molecule has 4 N–H and O–H groups in total. The summed E-state index contributed by atoms with van der Waals surface area (Å²) in [4.78, 5) is 50.6. The number of nitrogens with one attached hydrogen (secondary N) is 4. The molecular formula is C23H27N10O3+. The van der Waals surface area contributed by atoms with Gasteiger partial charge in [0.05, 0.1) is 18.8 Å². The van der Waals surface area contributed by atoms with Crippen LogP contribution >= 0.6 is 0 Å². The standard InChI is InChI=1S/C23H26N10O3/c1-11(27-21(35)17-12-8-33(5)9-16(34)29-18(12)26-10-25-17)15-6-13(32-36-15)19-28-14-7-24-22(23(2,3)4)31-20(14)30-19/h6-7,10-11H,8-9H2,1-5H3,(H,27,35)(H,24,28,30,31)(H,25,26,29,34)/p+1/t11-/m1/s1. The van der Waals surface area contributed by atoms with Crippen molar-refractivity contribution < 1.29 is 19.1 Å². The molecule has 0 aliphatic carbocycles. The molecule has 0 saturated heterocycles. The first-order valence-corrected chi connectivity index (χ1v) is 11.5. The van der Waals surface area contributed by atoms with E-state index in [0.717, 1.165) is 11.3 Å². The highest BCUT2D eigenvalue weighted by Crippen LogP contribution is 2.24. The molecular weight excluding hydrogens is 464 g/mol. The van der Waals surface area contributed by atoms with E-state index in [4.69, 9.17) is 4.52 Å².